The second kappa shape index (κ2) is 7.92. The Labute approximate surface area is 108 Å². The first kappa shape index (κ1) is 16.7. The number of carbonyl (C=O) groups is 2. The summed E-state index contributed by atoms with van der Waals surface area (Å²) in [6, 6.07) is 0. The number of amides is 1. The molecule has 0 atom stereocenters. The van der Waals surface area contributed by atoms with E-state index in [1.807, 2.05) is 0 Å². The number of hydrogen-bond donors (Lipinski definition) is 0. The summed E-state index contributed by atoms with van der Waals surface area (Å²) >= 11 is 0. The van der Waals surface area contributed by atoms with E-state index in [2.05, 4.69) is 0 Å². The molecule has 0 unspecified atom stereocenters. The van der Waals surface area contributed by atoms with Crippen LogP contribution in [-0.2, 0) is 19.0 Å². The lowest BCUT2D eigenvalue weighted by Gasteiger charge is -2.27. The molecule has 0 aliphatic carbocycles. The zero-order valence-corrected chi connectivity index (χ0v) is 11.8. The van der Waals surface area contributed by atoms with E-state index in [4.69, 9.17) is 14.2 Å². The Hall–Kier alpha value is -1.30. The molecular weight excluding hydrogens is 238 g/mol. The molecule has 106 valence electrons. The van der Waals surface area contributed by atoms with Gasteiger partial charge in [0.2, 0.25) is 0 Å². The largest absolute Gasteiger partial charge is 0.464 e. The quantitative estimate of drug-likeness (QED) is 0.677. The summed E-state index contributed by atoms with van der Waals surface area (Å²) in [5.74, 6) is -0.370. The smallest absolute Gasteiger partial charge is 0.410 e. The molecule has 0 radical (unpaired) electrons. The van der Waals surface area contributed by atoms with E-state index in [0.717, 1.165) is 0 Å². The normalized spacial score (nSPS) is 10.9. The predicted molar refractivity (Wildman–Crippen MR) is 66.3 cm³/mol. The van der Waals surface area contributed by atoms with Gasteiger partial charge in [0, 0.05) is 20.6 Å². The van der Waals surface area contributed by atoms with Crippen LogP contribution in [0.15, 0.2) is 0 Å². The Morgan fingerprint density at radius 2 is 1.67 bits per heavy atom. The lowest BCUT2D eigenvalue weighted by molar-refractivity contribution is -0.141. The van der Waals surface area contributed by atoms with Gasteiger partial charge >= 0.3 is 12.1 Å². The summed E-state index contributed by atoms with van der Waals surface area (Å²) in [6.07, 6.45) is -0.438. The number of nitrogens with zero attached hydrogens (tertiary/aromatic N) is 1. The summed E-state index contributed by atoms with van der Waals surface area (Å²) in [4.78, 5) is 24.0. The van der Waals surface area contributed by atoms with Crippen LogP contribution >= 0.6 is 0 Å². The Bertz CT molecular complexity index is 272. The van der Waals surface area contributed by atoms with Gasteiger partial charge in [0.25, 0.3) is 0 Å². The van der Waals surface area contributed by atoms with E-state index < -0.39 is 11.7 Å². The van der Waals surface area contributed by atoms with Gasteiger partial charge in [-0.05, 0) is 20.8 Å². The van der Waals surface area contributed by atoms with Crippen LogP contribution in [0.4, 0.5) is 4.79 Å². The predicted octanol–water partition coefficient (Wildman–Crippen LogP) is 1.43. The molecule has 0 fully saturated rings. The van der Waals surface area contributed by atoms with Crippen molar-refractivity contribution in [2.75, 3.05) is 33.4 Å². The molecule has 0 spiro atoms. The molecule has 18 heavy (non-hydrogen) atoms. The molecule has 0 bridgehead atoms. The third-order valence-corrected chi connectivity index (χ3v) is 1.88. The molecule has 0 saturated carbocycles. The molecule has 1 amide bonds. The van der Waals surface area contributed by atoms with Crippen LogP contribution in [0.2, 0.25) is 0 Å². The van der Waals surface area contributed by atoms with Crippen LogP contribution in [-0.4, -0.2) is 56.0 Å². The SMILES string of the molecule is COCCN(CCOC(C)=O)C(=O)OC(C)(C)C. The van der Waals surface area contributed by atoms with Crippen LogP contribution in [0.3, 0.4) is 0 Å². The first-order valence-corrected chi connectivity index (χ1v) is 5.86. The highest BCUT2D eigenvalue weighted by Crippen LogP contribution is 2.09. The molecule has 0 aromatic carbocycles. The topological polar surface area (TPSA) is 65.1 Å². The molecule has 0 saturated heterocycles. The van der Waals surface area contributed by atoms with Crippen LogP contribution in [0.1, 0.15) is 27.7 Å². The van der Waals surface area contributed by atoms with E-state index in [1.54, 1.807) is 27.9 Å². The standard InChI is InChI=1S/C12H23NO5/c1-10(14)17-9-7-13(6-8-16-5)11(15)18-12(2,3)4/h6-9H2,1-5H3. The fraction of sp³-hybridized carbons (Fsp3) is 0.833. The van der Waals surface area contributed by atoms with E-state index in [-0.39, 0.29) is 19.1 Å². The lowest BCUT2D eigenvalue weighted by atomic mass is 10.2. The minimum absolute atomic E-state index is 0.151. The molecule has 0 rings (SSSR count). The first-order valence-electron chi connectivity index (χ1n) is 5.86. The lowest BCUT2D eigenvalue weighted by Crippen LogP contribution is -2.40. The molecule has 0 heterocycles. The molecule has 6 heteroatoms. The Kier molecular flexibility index (Phi) is 7.35. The average molecular weight is 261 g/mol. The van der Waals surface area contributed by atoms with Crippen molar-refractivity contribution in [3.63, 3.8) is 0 Å². The van der Waals surface area contributed by atoms with Crippen molar-refractivity contribution >= 4 is 12.1 Å². The van der Waals surface area contributed by atoms with Gasteiger partial charge < -0.3 is 19.1 Å². The van der Waals surface area contributed by atoms with Crippen LogP contribution in [0.5, 0.6) is 0 Å². The molecule has 0 aliphatic heterocycles. The van der Waals surface area contributed by atoms with Crippen molar-refractivity contribution in [3.8, 4) is 0 Å². The molecule has 6 nitrogen and oxygen atoms in total. The molecular formula is C12H23NO5. The highest BCUT2D eigenvalue weighted by Gasteiger charge is 2.21. The Morgan fingerprint density at radius 3 is 2.11 bits per heavy atom. The average Bonchev–Trinajstić information content (AvgIpc) is 2.19. The fourth-order valence-electron chi connectivity index (χ4n) is 1.12. The van der Waals surface area contributed by atoms with Crippen molar-refractivity contribution in [2.45, 2.75) is 33.3 Å². The fourth-order valence-corrected chi connectivity index (χ4v) is 1.12. The van der Waals surface area contributed by atoms with Gasteiger partial charge in [-0.1, -0.05) is 0 Å². The van der Waals surface area contributed by atoms with E-state index >= 15 is 0 Å². The molecule has 0 aromatic heterocycles. The van der Waals surface area contributed by atoms with Crippen LogP contribution in [0, 0.1) is 0 Å². The van der Waals surface area contributed by atoms with E-state index in [9.17, 15) is 9.59 Å². The highest BCUT2D eigenvalue weighted by molar-refractivity contribution is 5.68. The van der Waals surface area contributed by atoms with Crippen molar-refractivity contribution < 1.29 is 23.8 Å². The van der Waals surface area contributed by atoms with Crippen LogP contribution in [0.25, 0.3) is 0 Å². The molecule has 0 aromatic rings. The summed E-state index contributed by atoms with van der Waals surface area (Å²) in [6.45, 7) is 7.96. The van der Waals surface area contributed by atoms with Crippen molar-refractivity contribution in [2.24, 2.45) is 0 Å². The number of esters is 1. The zero-order valence-electron chi connectivity index (χ0n) is 11.8. The third-order valence-electron chi connectivity index (χ3n) is 1.88. The van der Waals surface area contributed by atoms with Gasteiger partial charge in [-0.2, -0.15) is 0 Å². The number of methoxy groups -OCH3 is 1. The Balaban J connectivity index is 4.28. The van der Waals surface area contributed by atoms with Gasteiger partial charge in [0.05, 0.1) is 13.2 Å². The maximum atomic E-state index is 11.8. The van der Waals surface area contributed by atoms with Gasteiger partial charge in [-0.25, -0.2) is 4.79 Å². The summed E-state index contributed by atoms with van der Waals surface area (Å²) in [5, 5.41) is 0. The molecule has 0 aliphatic rings. The number of rotatable bonds is 6. The van der Waals surface area contributed by atoms with Crippen molar-refractivity contribution in [3.05, 3.63) is 0 Å². The van der Waals surface area contributed by atoms with Gasteiger partial charge in [-0.3, -0.25) is 4.79 Å². The summed E-state index contributed by atoms with van der Waals surface area (Å²) in [5.41, 5.74) is -0.552. The monoisotopic (exact) mass is 261 g/mol. The minimum atomic E-state index is -0.552. The van der Waals surface area contributed by atoms with Crippen LogP contribution < -0.4 is 0 Å². The Morgan fingerprint density at radius 1 is 1.11 bits per heavy atom. The summed E-state index contributed by atoms with van der Waals surface area (Å²) < 4.78 is 15.0. The maximum Gasteiger partial charge on any atom is 0.410 e. The van der Waals surface area contributed by atoms with Gasteiger partial charge in [-0.15, -0.1) is 0 Å². The molecule has 0 N–H and O–H groups in total. The number of ether oxygens (including phenoxy) is 3. The second-order valence-corrected chi connectivity index (χ2v) is 4.80. The van der Waals surface area contributed by atoms with E-state index in [0.29, 0.717) is 13.2 Å². The number of carbonyl (C=O) groups excluding carboxylic acids is 2. The number of hydrogen-bond acceptors (Lipinski definition) is 5. The maximum absolute atomic E-state index is 11.8. The summed E-state index contributed by atoms with van der Waals surface area (Å²) in [7, 11) is 1.55. The van der Waals surface area contributed by atoms with E-state index in [1.165, 1.54) is 11.8 Å². The first-order chi connectivity index (χ1) is 8.26. The second-order valence-electron chi connectivity index (χ2n) is 4.80. The van der Waals surface area contributed by atoms with Crippen molar-refractivity contribution in [1.29, 1.82) is 0 Å². The minimum Gasteiger partial charge on any atom is -0.464 e. The highest BCUT2D eigenvalue weighted by atomic mass is 16.6. The van der Waals surface area contributed by atoms with Gasteiger partial charge in [0.15, 0.2) is 0 Å². The van der Waals surface area contributed by atoms with Crippen molar-refractivity contribution in [1.82, 2.24) is 4.90 Å². The van der Waals surface area contributed by atoms with Gasteiger partial charge in [0.1, 0.15) is 12.2 Å². The zero-order chi connectivity index (χ0) is 14.2. The third kappa shape index (κ3) is 8.81.